The largest absolute Gasteiger partial charge is 0.414 e. The third kappa shape index (κ3) is 4.93. The van der Waals surface area contributed by atoms with E-state index in [-0.39, 0.29) is 33.9 Å². The smallest absolute Gasteiger partial charge is 0.367 e. The van der Waals surface area contributed by atoms with E-state index in [2.05, 4.69) is 4.99 Å². The Hall–Kier alpha value is -3.27. The van der Waals surface area contributed by atoms with Crippen LogP contribution in [0.3, 0.4) is 0 Å². The molecule has 2 aliphatic rings. The van der Waals surface area contributed by atoms with Crippen molar-refractivity contribution in [2.45, 2.75) is 30.9 Å². The number of benzene rings is 2. The fourth-order valence-electron chi connectivity index (χ4n) is 4.18. The summed E-state index contributed by atoms with van der Waals surface area (Å²) in [6, 6.07) is 6.40. The minimum atomic E-state index is -4.78. The summed E-state index contributed by atoms with van der Waals surface area (Å²) in [5.41, 5.74) is 1.38. The van der Waals surface area contributed by atoms with Gasteiger partial charge in [0.25, 0.3) is 0 Å². The zero-order valence-corrected chi connectivity index (χ0v) is 19.7. The number of aldehydes is 1. The molecule has 184 valence electrons. The van der Waals surface area contributed by atoms with Gasteiger partial charge in [-0.05, 0) is 53.1 Å². The van der Waals surface area contributed by atoms with E-state index < -0.39 is 33.9 Å². The second kappa shape index (κ2) is 9.07. The molecule has 0 radical (unpaired) electrons. The minimum Gasteiger partial charge on any atom is -0.367 e. The quantitative estimate of drug-likeness (QED) is 0.448. The Kier molecular flexibility index (Phi) is 6.44. The monoisotopic (exact) mass is 506 g/mol. The molecule has 2 atom stereocenters. The topological polar surface area (TPSA) is 66.8 Å². The summed E-state index contributed by atoms with van der Waals surface area (Å²) in [6.45, 7) is 1.52. The van der Waals surface area contributed by atoms with Gasteiger partial charge < -0.3 is 9.69 Å². The Morgan fingerprint density at radius 2 is 1.77 bits per heavy atom. The van der Waals surface area contributed by atoms with E-state index in [4.69, 9.17) is 0 Å². The standard InChI is InChI=1S/C25H22F4N2O3S/c1-3-35(33,34)14-15-4-9-19-20(10-15)22-12-31(2)18(13-32)11-21(22)24(25(27,28)29)30-23(19)16-5-7-17(26)8-6-16/h4-13,18,24H,3,14H2,1-2H3/t18?,24-/m1/s1. The van der Waals surface area contributed by atoms with E-state index in [1.54, 1.807) is 25.2 Å². The van der Waals surface area contributed by atoms with Crippen LogP contribution in [0, 0.1) is 5.82 Å². The van der Waals surface area contributed by atoms with Crippen molar-refractivity contribution in [2.24, 2.45) is 4.99 Å². The number of likely N-dealkylation sites (N-methyl/N-ethyl adjacent to an activating group) is 1. The Labute approximate surface area is 200 Å². The fraction of sp³-hybridized carbons (Fsp3) is 0.280. The number of hydrogen-bond acceptors (Lipinski definition) is 5. The fourth-order valence-corrected chi connectivity index (χ4v) is 5.07. The second-order valence-corrected chi connectivity index (χ2v) is 10.8. The van der Waals surface area contributed by atoms with Crippen molar-refractivity contribution in [2.75, 3.05) is 12.8 Å². The van der Waals surface area contributed by atoms with Crippen molar-refractivity contribution >= 4 is 27.4 Å². The lowest BCUT2D eigenvalue weighted by molar-refractivity contribution is -0.137. The van der Waals surface area contributed by atoms with E-state index in [0.29, 0.717) is 23.0 Å². The summed E-state index contributed by atoms with van der Waals surface area (Å²) in [4.78, 5) is 17.1. The van der Waals surface area contributed by atoms with Crippen molar-refractivity contribution < 1.29 is 30.8 Å². The lowest BCUT2D eigenvalue weighted by Crippen LogP contribution is -2.36. The van der Waals surface area contributed by atoms with E-state index in [1.165, 1.54) is 36.2 Å². The predicted molar refractivity (Wildman–Crippen MR) is 125 cm³/mol. The van der Waals surface area contributed by atoms with Gasteiger partial charge in [0, 0.05) is 35.7 Å². The van der Waals surface area contributed by atoms with Crippen LogP contribution in [-0.2, 0) is 20.4 Å². The number of carbonyl (C=O) groups excluding carboxylic acids is 1. The summed E-state index contributed by atoms with van der Waals surface area (Å²) in [5.74, 6) is -0.910. The Morgan fingerprint density at radius 3 is 2.37 bits per heavy atom. The molecule has 0 N–H and O–H groups in total. The summed E-state index contributed by atoms with van der Waals surface area (Å²) in [7, 11) is -1.84. The molecule has 0 spiro atoms. The SMILES string of the molecule is CCS(=O)(=O)Cc1ccc2c(c1)C1=CN(C)C(C=O)C=C1[C@H](C(F)(F)F)N=C2c1ccc(F)cc1. The number of alkyl halides is 3. The normalized spacial score (nSPS) is 20.2. The van der Waals surface area contributed by atoms with E-state index in [9.17, 15) is 30.8 Å². The molecular weight excluding hydrogens is 484 g/mol. The van der Waals surface area contributed by atoms with Crippen LogP contribution < -0.4 is 0 Å². The van der Waals surface area contributed by atoms with Crippen molar-refractivity contribution in [3.63, 3.8) is 0 Å². The summed E-state index contributed by atoms with van der Waals surface area (Å²) >= 11 is 0. The van der Waals surface area contributed by atoms with Gasteiger partial charge in [-0.3, -0.25) is 4.99 Å². The van der Waals surface area contributed by atoms with Gasteiger partial charge in [-0.15, -0.1) is 0 Å². The zero-order valence-electron chi connectivity index (χ0n) is 18.9. The summed E-state index contributed by atoms with van der Waals surface area (Å²) in [5, 5.41) is 0. The maximum atomic E-state index is 14.3. The minimum absolute atomic E-state index is 0.00581. The highest BCUT2D eigenvalue weighted by atomic mass is 32.2. The molecule has 2 aliphatic heterocycles. The van der Waals surface area contributed by atoms with Gasteiger partial charge in [0.2, 0.25) is 0 Å². The molecule has 0 fully saturated rings. The first-order valence-corrected chi connectivity index (χ1v) is 12.6. The highest BCUT2D eigenvalue weighted by molar-refractivity contribution is 7.90. The Bertz CT molecular complexity index is 1360. The van der Waals surface area contributed by atoms with Gasteiger partial charge >= 0.3 is 6.18 Å². The van der Waals surface area contributed by atoms with Crippen molar-refractivity contribution in [3.05, 3.63) is 88.4 Å². The molecular formula is C25H22F4N2O3S. The zero-order chi connectivity index (χ0) is 25.5. The number of nitrogens with zero attached hydrogens (tertiary/aromatic N) is 2. The van der Waals surface area contributed by atoms with E-state index in [0.717, 1.165) is 12.1 Å². The van der Waals surface area contributed by atoms with Crippen LogP contribution in [-0.4, -0.2) is 56.4 Å². The Morgan fingerprint density at radius 1 is 1.09 bits per heavy atom. The van der Waals surface area contributed by atoms with Crippen LogP contribution in [0.5, 0.6) is 0 Å². The van der Waals surface area contributed by atoms with Gasteiger partial charge in [-0.25, -0.2) is 12.8 Å². The number of aliphatic imine (C=N–C) groups is 1. The first kappa shape index (κ1) is 24.8. The van der Waals surface area contributed by atoms with Gasteiger partial charge in [-0.1, -0.05) is 19.1 Å². The van der Waals surface area contributed by atoms with Crippen LogP contribution in [0.25, 0.3) is 5.57 Å². The first-order valence-electron chi connectivity index (χ1n) is 10.8. The van der Waals surface area contributed by atoms with Crippen LogP contribution in [0.15, 0.2) is 65.3 Å². The lowest BCUT2D eigenvalue weighted by Gasteiger charge is -2.30. The maximum Gasteiger partial charge on any atom is 0.414 e. The van der Waals surface area contributed by atoms with Crippen LogP contribution >= 0.6 is 0 Å². The van der Waals surface area contributed by atoms with Crippen molar-refractivity contribution in [1.29, 1.82) is 0 Å². The average Bonchev–Trinajstić information content (AvgIpc) is 2.93. The third-order valence-corrected chi connectivity index (χ3v) is 7.69. The number of hydrogen-bond donors (Lipinski definition) is 0. The van der Waals surface area contributed by atoms with Gasteiger partial charge in [-0.2, -0.15) is 13.2 Å². The molecule has 2 aromatic rings. The molecule has 0 aromatic heterocycles. The molecule has 2 aromatic carbocycles. The Balaban J connectivity index is 2.02. The molecule has 0 saturated heterocycles. The van der Waals surface area contributed by atoms with Crippen molar-refractivity contribution in [1.82, 2.24) is 4.90 Å². The van der Waals surface area contributed by atoms with E-state index in [1.807, 2.05) is 0 Å². The number of fused-ring (bicyclic) bond motifs is 3. The molecule has 5 nitrogen and oxygen atoms in total. The first-order chi connectivity index (χ1) is 16.4. The van der Waals surface area contributed by atoms with Gasteiger partial charge in [0.1, 0.15) is 18.1 Å². The highest BCUT2D eigenvalue weighted by Crippen LogP contribution is 2.43. The van der Waals surface area contributed by atoms with Crippen LogP contribution in [0.4, 0.5) is 17.6 Å². The highest BCUT2D eigenvalue weighted by Gasteiger charge is 2.46. The second-order valence-electron chi connectivity index (χ2n) is 8.44. The van der Waals surface area contributed by atoms with Gasteiger partial charge in [0.15, 0.2) is 15.9 Å². The predicted octanol–water partition coefficient (Wildman–Crippen LogP) is 4.32. The molecule has 10 heteroatoms. The molecule has 0 bridgehead atoms. The van der Waals surface area contributed by atoms with Crippen LogP contribution in [0.2, 0.25) is 0 Å². The molecule has 35 heavy (non-hydrogen) atoms. The van der Waals surface area contributed by atoms with Gasteiger partial charge in [0.05, 0.1) is 11.5 Å². The van der Waals surface area contributed by atoms with E-state index >= 15 is 0 Å². The lowest BCUT2D eigenvalue weighted by atomic mass is 9.86. The molecule has 4 rings (SSSR count). The average molecular weight is 507 g/mol. The third-order valence-electron chi connectivity index (χ3n) is 6.04. The number of rotatable bonds is 5. The molecule has 0 saturated carbocycles. The molecule has 0 aliphatic carbocycles. The summed E-state index contributed by atoms with van der Waals surface area (Å²) < 4.78 is 81.0. The maximum absolute atomic E-state index is 14.3. The van der Waals surface area contributed by atoms with Crippen molar-refractivity contribution in [3.8, 4) is 0 Å². The number of carbonyl (C=O) groups is 1. The molecule has 2 heterocycles. The number of halogens is 4. The summed E-state index contributed by atoms with van der Waals surface area (Å²) in [6.07, 6.45) is -1.56. The molecule has 0 amide bonds. The van der Waals surface area contributed by atoms with Crippen LogP contribution in [0.1, 0.15) is 29.2 Å². The molecule has 1 unspecified atom stereocenters. The number of sulfone groups is 1.